The molecule has 0 spiro atoms. The summed E-state index contributed by atoms with van der Waals surface area (Å²) in [4.78, 5) is 0. The Morgan fingerprint density at radius 2 is 1.52 bits per heavy atom. The summed E-state index contributed by atoms with van der Waals surface area (Å²) in [5.41, 5.74) is 2.89. The molecule has 0 aromatic heterocycles. The number of hydrogen-bond donors (Lipinski definition) is 0. The fraction of sp³-hybridized carbons (Fsp3) is 0.0526. The molecule has 0 fully saturated rings. The van der Waals surface area contributed by atoms with Crippen molar-refractivity contribution < 1.29 is 9.13 Å². The van der Waals surface area contributed by atoms with Gasteiger partial charge in [-0.1, -0.05) is 48.5 Å². The number of benzene rings is 3. The molecule has 0 heterocycles. The first-order valence-electron chi connectivity index (χ1n) is 6.82. The predicted octanol–water partition coefficient (Wildman–Crippen LogP) is 5.59. The highest BCUT2D eigenvalue weighted by Gasteiger charge is 2.07. The van der Waals surface area contributed by atoms with E-state index < -0.39 is 0 Å². The summed E-state index contributed by atoms with van der Waals surface area (Å²) >= 11 is 0. The SMILES string of the molecule is Cc1cc(F)cc(Oc2ccccc2-c2ccccc2)c1. The summed E-state index contributed by atoms with van der Waals surface area (Å²) in [6.45, 7) is 1.85. The molecule has 3 rings (SSSR count). The molecule has 0 amide bonds. The van der Waals surface area contributed by atoms with E-state index in [0.29, 0.717) is 11.5 Å². The lowest BCUT2D eigenvalue weighted by molar-refractivity contribution is 0.478. The zero-order valence-corrected chi connectivity index (χ0v) is 11.7. The van der Waals surface area contributed by atoms with E-state index in [0.717, 1.165) is 16.7 Å². The topological polar surface area (TPSA) is 9.23 Å². The second-order valence-corrected chi connectivity index (χ2v) is 4.93. The quantitative estimate of drug-likeness (QED) is 0.606. The number of halogens is 1. The summed E-state index contributed by atoms with van der Waals surface area (Å²) < 4.78 is 19.4. The van der Waals surface area contributed by atoms with Crippen LogP contribution in [0.1, 0.15) is 5.56 Å². The third-order valence-electron chi connectivity index (χ3n) is 3.22. The summed E-state index contributed by atoms with van der Waals surface area (Å²) in [7, 11) is 0. The van der Waals surface area contributed by atoms with Crippen LogP contribution in [-0.2, 0) is 0 Å². The number of ether oxygens (including phenoxy) is 1. The number of aryl methyl sites for hydroxylation is 1. The summed E-state index contributed by atoms with van der Waals surface area (Å²) in [6.07, 6.45) is 0. The summed E-state index contributed by atoms with van der Waals surface area (Å²) in [5, 5.41) is 0. The largest absolute Gasteiger partial charge is 0.457 e. The first kappa shape index (κ1) is 13.4. The Hall–Kier alpha value is -2.61. The predicted molar refractivity (Wildman–Crippen MR) is 83.1 cm³/mol. The molecule has 0 atom stereocenters. The molecule has 3 aromatic carbocycles. The van der Waals surface area contributed by atoms with Crippen LogP contribution in [0.2, 0.25) is 0 Å². The van der Waals surface area contributed by atoms with Gasteiger partial charge in [-0.05, 0) is 36.2 Å². The molecule has 0 unspecified atom stereocenters. The maximum Gasteiger partial charge on any atom is 0.135 e. The fourth-order valence-electron chi connectivity index (χ4n) is 2.30. The highest BCUT2D eigenvalue weighted by atomic mass is 19.1. The molecule has 0 saturated heterocycles. The van der Waals surface area contributed by atoms with Gasteiger partial charge in [0.25, 0.3) is 0 Å². The van der Waals surface area contributed by atoms with Gasteiger partial charge in [0.15, 0.2) is 0 Å². The summed E-state index contributed by atoms with van der Waals surface area (Å²) in [5.74, 6) is 0.937. The first-order valence-corrected chi connectivity index (χ1v) is 6.82. The van der Waals surface area contributed by atoms with Crippen LogP contribution in [-0.4, -0.2) is 0 Å². The van der Waals surface area contributed by atoms with Crippen LogP contribution >= 0.6 is 0 Å². The average Bonchev–Trinajstić information content (AvgIpc) is 2.48. The van der Waals surface area contributed by atoms with Gasteiger partial charge in [0.1, 0.15) is 17.3 Å². The zero-order valence-electron chi connectivity index (χ0n) is 11.7. The van der Waals surface area contributed by atoms with Crippen molar-refractivity contribution >= 4 is 0 Å². The lowest BCUT2D eigenvalue weighted by atomic mass is 10.0. The van der Waals surface area contributed by atoms with Crippen LogP contribution in [0.5, 0.6) is 11.5 Å². The van der Waals surface area contributed by atoms with Gasteiger partial charge in [-0.3, -0.25) is 0 Å². The molecular formula is C19H15FO. The van der Waals surface area contributed by atoms with Gasteiger partial charge in [0.2, 0.25) is 0 Å². The van der Waals surface area contributed by atoms with Crippen molar-refractivity contribution in [3.8, 4) is 22.6 Å². The highest BCUT2D eigenvalue weighted by molar-refractivity contribution is 5.70. The standard InChI is InChI=1S/C19H15FO/c1-14-11-16(20)13-17(12-14)21-19-10-6-5-9-18(19)15-7-3-2-4-8-15/h2-13H,1H3. The molecule has 0 aliphatic carbocycles. The van der Waals surface area contributed by atoms with Crippen molar-refractivity contribution in [1.82, 2.24) is 0 Å². The zero-order chi connectivity index (χ0) is 14.7. The Kier molecular flexibility index (Phi) is 3.69. The van der Waals surface area contributed by atoms with E-state index in [4.69, 9.17) is 4.74 Å². The van der Waals surface area contributed by atoms with Gasteiger partial charge in [-0.2, -0.15) is 0 Å². The van der Waals surface area contributed by atoms with E-state index in [1.807, 2.05) is 67.6 Å². The van der Waals surface area contributed by atoms with Crippen molar-refractivity contribution in [2.45, 2.75) is 6.92 Å². The molecule has 104 valence electrons. The maximum atomic E-state index is 13.5. The summed E-state index contributed by atoms with van der Waals surface area (Å²) in [6, 6.07) is 22.5. The van der Waals surface area contributed by atoms with Crippen molar-refractivity contribution in [1.29, 1.82) is 0 Å². The van der Waals surface area contributed by atoms with Crippen LogP contribution in [0, 0.1) is 12.7 Å². The van der Waals surface area contributed by atoms with Gasteiger partial charge in [-0.15, -0.1) is 0 Å². The van der Waals surface area contributed by atoms with E-state index in [2.05, 4.69) is 0 Å². The lowest BCUT2D eigenvalue weighted by Crippen LogP contribution is -1.90. The monoisotopic (exact) mass is 278 g/mol. The molecule has 3 aromatic rings. The van der Waals surface area contributed by atoms with E-state index in [9.17, 15) is 4.39 Å². The van der Waals surface area contributed by atoms with Crippen LogP contribution in [0.15, 0.2) is 72.8 Å². The number of rotatable bonds is 3. The second-order valence-electron chi connectivity index (χ2n) is 4.93. The Labute approximate surface area is 123 Å². The van der Waals surface area contributed by atoms with Crippen molar-refractivity contribution in [3.63, 3.8) is 0 Å². The van der Waals surface area contributed by atoms with E-state index >= 15 is 0 Å². The van der Waals surface area contributed by atoms with Gasteiger partial charge >= 0.3 is 0 Å². The van der Waals surface area contributed by atoms with E-state index in [1.54, 1.807) is 0 Å². The van der Waals surface area contributed by atoms with Gasteiger partial charge in [-0.25, -0.2) is 4.39 Å². The van der Waals surface area contributed by atoms with E-state index in [1.165, 1.54) is 12.1 Å². The van der Waals surface area contributed by atoms with Gasteiger partial charge < -0.3 is 4.74 Å². The van der Waals surface area contributed by atoms with E-state index in [-0.39, 0.29) is 5.82 Å². The van der Waals surface area contributed by atoms with Crippen LogP contribution in [0.3, 0.4) is 0 Å². The number of hydrogen-bond acceptors (Lipinski definition) is 1. The molecule has 0 aliphatic rings. The Bertz CT molecular complexity index is 730. The molecule has 0 N–H and O–H groups in total. The smallest absolute Gasteiger partial charge is 0.135 e. The van der Waals surface area contributed by atoms with Crippen LogP contribution in [0.4, 0.5) is 4.39 Å². The van der Waals surface area contributed by atoms with Crippen LogP contribution < -0.4 is 4.74 Å². The molecule has 0 radical (unpaired) electrons. The Morgan fingerprint density at radius 1 is 0.810 bits per heavy atom. The minimum absolute atomic E-state index is 0.290. The fourth-order valence-corrected chi connectivity index (χ4v) is 2.30. The lowest BCUT2D eigenvalue weighted by Gasteiger charge is -2.12. The molecular weight excluding hydrogens is 263 g/mol. The van der Waals surface area contributed by atoms with Gasteiger partial charge in [0.05, 0.1) is 0 Å². The molecule has 0 bridgehead atoms. The molecule has 1 nitrogen and oxygen atoms in total. The minimum Gasteiger partial charge on any atom is -0.457 e. The molecule has 21 heavy (non-hydrogen) atoms. The van der Waals surface area contributed by atoms with Crippen molar-refractivity contribution in [3.05, 3.63) is 84.2 Å². The molecule has 2 heteroatoms. The maximum absolute atomic E-state index is 13.5. The van der Waals surface area contributed by atoms with Crippen molar-refractivity contribution in [2.24, 2.45) is 0 Å². The number of para-hydroxylation sites is 1. The Balaban J connectivity index is 2.00. The third kappa shape index (κ3) is 3.11. The Morgan fingerprint density at radius 3 is 2.29 bits per heavy atom. The normalized spacial score (nSPS) is 10.4. The van der Waals surface area contributed by atoms with Crippen molar-refractivity contribution in [2.75, 3.05) is 0 Å². The second kappa shape index (κ2) is 5.80. The molecule has 0 saturated carbocycles. The average molecular weight is 278 g/mol. The molecule has 0 aliphatic heterocycles. The highest BCUT2D eigenvalue weighted by Crippen LogP contribution is 2.33. The van der Waals surface area contributed by atoms with Gasteiger partial charge in [0, 0.05) is 11.6 Å². The first-order chi connectivity index (χ1) is 10.2. The minimum atomic E-state index is -0.290. The third-order valence-corrected chi connectivity index (χ3v) is 3.22. The van der Waals surface area contributed by atoms with Crippen LogP contribution in [0.25, 0.3) is 11.1 Å².